The highest BCUT2D eigenvalue weighted by Crippen LogP contribution is 2.23. The molecule has 2 aromatic carbocycles. The van der Waals surface area contributed by atoms with E-state index in [0.29, 0.717) is 25.7 Å². The maximum Gasteiger partial charge on any atom is 0.407 e. The van der Waals surface area contributed by atoms with Gasteiger partial charge < -0.3 is 30.3 Å². The number of hydrogen-bond donors (Lipinski definition) is 3. The van der Waals surface area contributed by atoms with E-state index in [4.69, 9.17) is 9.47 Å². The molecule has 2 heterocycles. The molecule has 302 valence electrons. The van der Waals surface area contributed by atoms with Crippen molar-refractivity contribution in [1.29, 1.82) is 0 Å². The first-order valence-corrected chi connectivity index (χ1v) is 20.8. The lowest BCUT2D eigenvalue weighted by molar-refractivity contribution is -0.122. The summed E-state index contributed by atoms with van der Waals surface area (Å²) in [4.78, 5) is 64.3. The van der Waals surface area contributed by atoms with Crippen LogP contribution < -0.4 is 16.0 Å². The Morgan fingerprint density at radius 1 is 0.857 bits per heavy atom. The number of Topliss-reactive ketones (excluding diaryl/α,β-unsaturated/α-hetero) is 1. The Hall–Kier alpha value is -4.82. The van der Waals surface area contributed by atoms with Gasteiger partial charge in [-0.05, 0) is 69.9 Å². The lowest BCUT2D eigenvalue weighted by Crippen LogP contribution is -2.48. The SMILES string of the molecule is CC(C)c1nc(CN(C)C(=O)N[C@@H](CCNC(=O)OC(C)(C)C)C(=O)C[C@@H](CC[C@@H](Cc2ccccc2)NC(=O)OCc2cncs2)Cc2ccccc2)cs1. The zero-order valence-corrected chi connectivity index (χ0v) is 34.9. The second kappa shape index (κ2) is 22.1. The van der Waals surface area contributed by atoms with Gasteiger partial charge in [0.2, 0.25) is 0 Å². The summed E-state index contributed by atoms with van der Waals surface area (Å²) in [5, 5.41) is 11.7. The van der Waals surface area contributed by atoms with Crippen molar-refractivity contribution in [3.05, 3.63) is 104 Å². The van der Waals surface area contributed by atoms with E-state index in [9.17, 15) is 19.2 Å². The van der Waals surface area contributed by atoms with Crippen LogP contribution >= 0.6 is 22.7 Å². The number of benzene rings is 2. The lowest BCUT2D eigenvalue weighted by Gasteiger charge is -2.26. The zero-order valence-electron chi connectivity index (χ0n) is 33.3. The molecule has 2 aromatic heterocycles. The van der Waals surface area contributed by atoms with Gasteiger partial charge in [0.25, 0.3) is 0 Å². The van der Waals surface area contributed by atoms with Crippen molar-refractivity contribution < 1.29 is 28.7 Å². The highest BCUT2D eigenvalue weighted by atomic mass is 32.1. The Balaban J connectivity index is 1.49. The number of carbonyl (C=O) groups is 4. The summed E-state index contributed by atoms with van der Waals surface area (Å²) in [6, 6.07) is 18.4. The van der Waals surface area contributed by atoms with Crippen molar-refractivity contribution in [1.82, 2.24) is 30.8 Å². The molecular weight excluding hydrogens is 749 g/mol. The predicted molar refractivity (Wildman–Crippen MR) is 221 cm³/mol. The van der Waals surface area contributed by atoms with Crippen molar-refractivity contribution in [3.63, 3.8) is 0 Å². The van der Waals surface area contributed by atoms with Gasteiger partial charge in [0, 0.05) is 43.5 Å². The molecule has 0 radical (unpaired) electrons. The van der Waals surface area contributed by atoms with Gasteiger partial charge in [-0.15, -0.1) is 22.7 Å². The molecule has 0 saturated heterocycles. The summed E-state index contributed by atoms with van der Waals surface area (Å²) in [7, 11) is 1.67. The van der Waals surface area contributed by atoms with E-state index in [1.54, 1.807) is 50.9 Å². The number of thiazole rings is 2. The third kappa shape index (κ3) is 16.1. The van der Waals surface area contributed by atoms with Crippen LogP contribution in [0.4, 0.5) is 14.4 Å². The number of nitrogens with zero attached hydrogens (tertiary/aromatic N) is 3. The first kappa shape index (κ1) is 43.9. The monoisotopic (exact) mass is 804 g/mol. The smallest absolute Gasteiger partial charge is 0.407 e. The Morgan fingerprint density at radius 3 is 2.14 bits per heavy atom. The molecule has 0 fully saturated rings. The van der Waals surface area contributed by atoms with Gasteiger partial charge in [-0.25, -0.2) is 19.4 Å². The molecule has 0 saturated carbocycles. The standard InChI is InChI=1S/C42H56N6O6S2/c1-29(2)38-45-34(27-55-38)25-48(6)39(50)47-36(19-20-44-40(51)54-42(3,4)5)37(49)23-32(21-30-13-9-7-10-14-30)17-18-33(22-31-15-11-8-12-16-31)46-41(52)53-26-35-24-43-28-56-35/h7-16,24,27-29,32-33,36H,17-23,25-26H2,1-6H3,(H,44,51)(H,46,52)(H,47,50)/t32-,33-,36-/m0/s1. The van der Waals surface area contributed by atoms with Crippen LogP contribution in [0, 0.1) is 5.92 Å². The molecule has 12 nitrogen and oxygen atoms in total. The van der Waals surface area contributed by atoms with Crippen molar-refractivity contribution >= 4 is 46.7 Å². The number of nitrogens with one attached hydrogen (secondary N) is 3. The molecule has 0 unspecified atom stereocenters. The minimum atomic E-state index is -0.875. The van der Waals surface area contributed by atoms with Gasteiger partial charge in [0.1, 0.15) is 12.2 Å². The molecule has 0 aliphatic rings. The number of urea groups is 1. The molecule has 0 aliphatic carbocycles. The Labute approximate surface area is 338 Å². The molecule has 4 rings (SSSR count). The summed E-state index contributed by atoms with van der Waals surface area (Å²) < 4.78 is 10.9. The van der Waals surface area contributed by atoms with Crippen LogP contribution in [0.2, 0.25) is 0 Å². The molecular formula is C42H56N6O6S2. The summed E-state index contributed by atoms with van der Waals surface area (Å²) >= 11 is 2.98. The fourth-order valence-corrected chi connectivity index (χ4v) is 7.38. The van der Waals surface area contributed by atoms with Crippen molar-refractivity contribution in [2.24, 2.45) is 5.92 Å². The van der Waals surface area contributed by atoms with Crippen LogP contribution in [0.5, 0.6) is 0 Å². The van der Waals surface area contributed by atoms with E-state index in [-0.39, 0.29) is 56.2 Å². The average molecular weight is 805 g/mol. The summed E-state index contributed by atoms with van der Waals surface area (Å²) in [6.45, 7) is 10.0. The molecule has 0 spiro atoms. The van der Waals surface area contributed by atoms with Gasteiger partial charge >= 0.3 is 18.2 Å². The second-order valence-electron chi connectivity index (χ2n) is 15.3. The predicted octanol–water partition coefficient (Wildman–Crippen LogP) is 8.28. The van der Waals surface area contributed by atoms with E-state index in [1.165, 1.54) is 16.2 Å². The van der Waals surface area contributed by atoms with E-state index in [0.717, 1.165) is 26.7 Å². The molecule has 14 heteroatoms. The quantitative estimate of drug-likeness (QED) is 0.0808. The van der Waals surface area contributed by atoms with E-state index >= 15 is 0 Å². The highest BCUT2D eigenvalue weighted by Gasteiger charge is 2.27. The maximum atomic E-state index is 14.3. The molecule has 3 atom stereocenters. The summed E-state index contributed by atoms with van der Waals surface area (Å²) in [6.07, 6.45) is 3.32. The molecule has 3 N–H and O–H groups in total. The van der Waals surface area contributed by atoms with E-state index in [2.05, 4.69) is 39.8 Å². The minimum absolute atomic E-state index is 0.112. The highest BCUT2D eigenvalue weighted by molar-refractivity contribution is 7.09. The number of rotatable bonds is 20. The molecule has 0 aliphatic heterocycles. The average Bonchev–Trinajstić information content (AvgIpc) is 3.85. The molecule has 0 bridgehead atoms. The van der Waals surface area contributed by atoms with Gasteiger partial charge in [0.15, 0.2) is 5.78 Å². The van der Waals surface area contributed by atoms with E-state index in [1.807, 2.05) is 66.0 Å². The van der Waals surface area contributed by atoms with Gasteiger partial charge in [0.05, 0.1) is 33.7 Å². The zero-order chi connectivity index (χ0) is 40.5. The third-order valence-corrected chi connectivity index (χ3v) is 10.8. The number of aromatic nitrogens is 2. The first-order valence-electron chi connectivity index (χ1n) is 19.1. The molecule has 56 heavy (non-hydrogen) atoms. The van der Waals surface area contributed by atoms with Gasteiger partial charge in [-0.3, -0.25) is 9.78 Å². The van der Waals surface area contributed by atoms with Crippen molar-refractivity contribution in [2.75, 3.05) is 13.6 Å². The maximum absolute atomic E-state index is 14.3. The number of amides is 4. The van der Waals surface area contributed by atoms with Crippen LogP contribution in [0.1, 0.15) is 92.9 Å². The minimum Gasteiger partial charge on any atom is -0.444 e. The Bertz CT molecular complexity index is 1800. The number of alkyl carbamates (subject to hydrolysis) is 2. The Kier molecular flexibility index (Phi) is 17.3. The van der Waals surface area contributed by atoms with Crippen LogP contribution in [-0.2, 0) is 40.3 Å². The molecule has 4 aromatic rings. The van der Waals surface area contributed by atoms with Gasteiger partial charge in [-0.1, -0.05) is 74.5 Å². The summed E-state index contributed by atoms with van der Waals surface area (Å²) in [5.74, 6) is 0.0214. The van der Waals surface area contributed by atoms with Crippen LogP contribution in [-0.4, -0.2) is 70.1 Å². The third-order valence-electron chi connectivity index (χ3n) is 8.85. The fourth-order valence-electron chi connectivity index (χ4n) is 6.05. The lowest BCUT2D eigenvalue weighted by atomic mass is 9.86. The second-order valence-corrected chi connectivity index (χ2v) is 17.1. The number of ether oxygens (including phenoxy) is 2. The van der Waals surface area contributed by atoms with E-state index < -0.39 is 29.9 Å². The Morgan fingerprint density at radius 2 is 1.54 bits per heavy atom. The molecule has 4 amide bonds. The number of ketones is 1. The van der Waals surface area contributed by atoms with Crippen LogP contribution in [0.3, 0.4) is 0 Å². The number of hydrogen-bond acceptors (Lipinski definition) is 10. The van der Waals surface area contributed by atoms with Crippen LogP contribution in [0.25, 0.3) is 0 Å². The number of carbonyl (C=O) groups excluding carboxylic acids is 4. The normalized spacial score (nSPS) is 13.0. The topological polar surface area (TPSA) is 152 Å². The largest absolute Gasteiger partial charge is 0.444 e. The fraction of sp³-hybridized carbons (Fsp3) is 0.476. The first-order chi connectivity index (χ1) is 26.7. The van der Waals surface area contributed by atoms with Gasteiger partial charge in [-0.2, -0.15) is 0 Å². The van der Waals surface area contributed by atoms with Crippen molar-refractivity contribution in [2.45, 2.75) is 110 Å². The van der Waals surface area contributed by atoms with Crippen molar-refractivity contribution in [3.8, 4) is 0 Å². The summed E-state index contributed by atoms with van der Waals surface area (Å²) in [5.41, 5.74) is 3.94. The van der Waals surface area contributed by atoms with Crippen LogP contribution in [0.15, 0.2) is 77.8 Å².